The Morgan fingerprint density at radius 1 is 1.07 bits per heavy atom. The van der Waals surface area contributed by atoms with Crippen molar-refractivity contribution in [3.05, 3.63) is 72.0 Å². The summed E-state index contributed by atoms with van der Waals surface area (Å²) >= 11 is 0. The van der Waals surface area contributed by atoms with Crippen LogP contribution in [0.5, 0.6) is 0 Å². The molecule has 7 nitrogen and oxygen atoms in total. The van der Waals surface area contributed by atoms with Crippen molar-refractivity contribution in [2.45, 2.75) is 67.0 Å². The van der Waals surface area contributed by atoms with E-state index in [0.29, 0.717) is 29.2 Å². The van der Waals surface area contributed by atoms with Crippen LogP contribution in [0.25, 0.3) is 5.57 Å². The number of aliphatic imine (C=N–C) groups is 1. The zero-order valence-electron chi connectivity index (χ0n) is 24.4. The largest absolute Gasteiger partial charge is 0.352 e. The van der Waals surface area contributed by atoms with E-state index >= 15 is 0 Å². The van der Waals surface area contributed by atoms with Gasteiger partial charge in [-0.15, -0.1) is 0 Å². The van der Waals surface area contributed by atoms with Crippen molar-refractivity contribution in [1.82, 2.24) is 19.8 Å². The van der Waals surface area contributed by atoms with E-state index in [-0.39, 0.29) is 19.0 Å². The van der Waals surface area contributed by atoms with Gasteiger partial charge in [0.25, 0.3) is 5.91 Å². The molecule has 2 aliphatic rings. The standard InChI is InChI=1S/C27H34FN5O.C4H9N.CH4/c1-6-19(3)24-25(28)30-26(21(5)29-24)32-15-16-33(20(4)17-32)23-11-13-31(14-12-23)27(34)22-9-7-18(2)8-10-22;1-4(2)5-3;/h6-10,20,23H,1,3,11-17H2,2,4-5H3;1-3H3;1H4. The highest BCUT2D eigenvalue weighted by atomic mass is 19.1. The van der Waals surface area contributed by atoms with E-state index in [2.05, 4.69) is 44.8 Å². The summed E-state index contributed by atoms with van der Waals surface area (Å²) in [6, 6.07) is 8.55. The first kappa shape index (κ1) is 32.8. The predicted molar refractivity (Wildman–Crippen MR) is 166 cm³/mol. The molecule has 0 spiro atoms. The summed E-state index contributed by atoms with van der Waals surface area (Å²) in [6.45, 7) is 21.4. The quantitative estimate of drug-likeness (QED) is 0.339. The molecule has 2 fully saturated rings. The lowest BCUT2D eigenvalue weighted by Gasteiger charge is -2.46. The maximum atomic E-state index is 14.6. The average Bonchev–Trinajstić information content (AvgIpc) is 2.94. The first-order valence-corrected chi connectivity index (χ1v) is 13.7. The molecule has 8 heteroatoms. The van der Waals surface area contributed by atoms with Crippen molar-refractivity contribution < 1.29 is 9.18 Å². The number of halogens is 1. The fraction of sp³-hybridized carbons (Fsp3) is 0.500. The lowest BCUT2D eigenvalue weighted by atomic mass is 9.99. The molecule has 4 rings (SSSR count). The van der Waals surface area contributed by atoms with Gasteiger partial charge in [-0.1, -0.05) is 44.4 Å². The molecule has 1 amide bonds. The zero-order chi connectivity index (χ0) is 28.7. The first-order valence-electron chi connectivity index (χ1n) is 13.7. The molecule has 1 aromatic heterocycles. The Kier molecular flexibility index (Phi) is 12.2. The van der Waals surface area contributed by atoms with Crippen LogP contribution < -0.4 is 4.90 Å². The van der Waals surface area contributed by atoms with Crippen LogP contribution in [-0.4, -0.2) is 83.2 Å². The highest BCUT2D eigenvalue weighted by Gasteiger charge is 2.34. The summed E-state index contributed by atoms with van der Waals surface area (Å²) in [6.07, 6.45) is 3.42. The third-order valence-electron chi connectivity index (χ3n) is 7.50. The fourth-order valence-corrected chi connectivity index (χ4v) is 5.08. The van der Waals surface area contributed by atoms with Gasteiger partial charge in [-0.05, 0) is 65.2 Å². The highest BCUT2D eigenvalue weighted by Crippen LogP contribution is 2.27. The lowest BCUT2D eigenvalue weighted by Crippen LogP contribution is -2.58. The number of hydrogen-bond acceptors (Lipinski definition) is 6. The Hall–Kier alpha value is -3.39. The average molecular weight is 551 g/mol. The number of hydrogen-bond donors (Lipinski definition) is 0. The van der Waals surface area contributed by atoms with Crippen LogP contribution in [0.2, 0.25) is 0 Å². The molecule has 0 saturated carbocycles. The number of allylic oxidation sites excluding steroid dienone is 2. The van der Waals surface area contributed by atoms with Crippen molar-refractivity contribution in [2.75, 3.05) is 44.7 Å². The smallest absolute Gasteiger partial charge is 0.253 e. The molecule has 0 bridgehead atoms. The second-order valence-corrected chi connectivity index (χ2v) is 10.6. The SMILES string of the molecule is C.C=CC(=C)c1nc(C)c(N2CCN(C3CCN(C(=O)c4ccc(C)cc4)CC3)C(C)C2)nc1F.CN=C(C)C. The number of benzene rings is 1. The van der Waals surface area contributed by atoms with E-state index in [1.54, 1.807) is 7.05 Å². The second kappa shape index (κ2) is 14.8. The third-order valence-corrected chi connectivity index (χ3v) is 7.50. The van der Waals surface area contributed by atoms with Crippen molar-refractivity contribution in [2.24, 2.45) is 4.99 Å². The molecule has 2 aliphatic heterocycles. The minimum atomic E-state index is -0.605. The van der Waals surface area contributed by atoms with Crippen LogP contribution in [0.3, 0.4) is 0 Å². The number of piperazine rings is 1. The summed E-state index contributed by atoms with van der Waals surface area (Å²) < 4.78 is 14.6. The number of nitrogens with zero attached hydrogens (tertiary/aromatic N) is 6. The number of anilines is 1. The van der Waals surface area contributed by atoms with Gasteiger partial charge in [-0.3, -0.25) is 14.7 Å². The monoisotopic (exact) mass is 550 g/mol. The van der Waals surface area contributed by atoms with E-state index in [1.807, 2.05) is 56.9 Å². The summed E-state index contributed by atoms with van der Waals surface area (Å²) in [5.74, 6) is 0.115. The first-order chi connectivity index (χ1) is 18.5. The van der Waals surface area contributed by atoms with Gasteiger partial charge in [-0.2, -0.15) is 9.37 Å². The number of amides is 1. The highest BCUT2D eigenvalue weighted by molar-refractivity contribution is 5.94. The van der Waals surface area contributed by atoms with Gasteiger partial charge in [-0.25, -0.2) is 4.98 Å². The van der Waals surface area contributed by atoms with E-state index in [1.165, 1.54) is 6.08 Å². The Bertz CT molecular complexity index is 1200. The molecule has 218 valence electrons. The molecule has 0 N–H and O–H groups in total. The van der Waals surface area contributed by atoms with Gasteiger partial charge in [0.05, 0.1) is 5.69 Å². The maximum Gasteiger partial charge on any atom is 0.253 e. The van der Waals surface area contributed by atoms with E-state index in [9.17, 15) is 9.18 Å². The number of rotatable bonds is 5. The van der Waals surface area contributed by atoms with E-state index < -0.39 is 5.95 Å². The number of likely N-dealkylation sites (tertiary alicyclic amines) is 1. The molecule has 1 unspecified atom stereocenters. The van der Waals surface area contributed by atoms with Gasteiger partial charge in [0, 0.05) is 63.1 Å². The number of piperidine rings is 1. The number of carbonyl (C=O) groups excluding carboxylic acids is 1. The molecule has 2 aromatic rings. The molecule has 40 heavy (non-hydrogen) atoms. The Balaban J connectivity index is 0.000000858. The molecular formula is C32H47FN6O. The van der Waals surface area contributed by atoms with Crippen molar-refractivity contribution >= 4 is 23.0 Å². The summed E-state index contributed by atoms with van der Waals surface area (Å²) in [4.78, 5) is 31.9. The van der Waals surface area contributed by atoms with Crippen LogP contribution in [-0.2, 0) is 0 Å². The summed E-state index contributed by atoms with van der Waals surface area (Å²) in [5.41, 5.74) is 4.34. The van der Waals surface area contributed by atoms with E-state index in [4.69, 9.17) is 0 Å². The van der Waals surface area contributed by atoms with Gasteiger partial charge in [0.15, 0.2) is 5.82 Å². The molecule has 2 saturated heterocycles. The molecule has 1 aromatic carbocycles. The number of carbonyl (C=O) groups is 1. The molecular weight excluding hydrogens is 503 g/mol. The summed E-state index contributed by atoms with van der Waals surface area (Å²) in [7, 11) is 1.79. The minimum absolute atomic E-state index is 0. The van der Waals surface area contributed by atoms with Crippen LogP contribution in [0, 0.1) is 19.8 Å². The second-order valence-electron chi connectivity index (χ2n) is 10.6. The van der Waals surface area contributed by atoms with Gasteiger partial charge in [0.1, 0.15) is 5.69 Å². The maximum absolute atomic E-state index is 14.6. The summed E-state index contributed by atoms with van der Waals surface area (Å²) in [5, 5.41) is 0. The van der Waals surface area contributed by atoms with Crippen LogP contribution in [0.15, 0.2) is 48.5 Å². The van der Waals surface area contributed by atoms with Crippen molar-refractivity contribution in [3.63, 3.8) is 0 Å². The normalized spacial score (nSPS) is 17.7. The topological polar surface area (TPSA) is 64.9 Å². The lowest BCUT2D eigenvalue weighted by molar-refractivity contribution is 0.0525. The van der Waals surface area contributed by atoms with Crippen LogP contribution in [0.1, 0.15) is 68.3 Å². The predicted octanol–water partition coefficient (Wildman–Crippen LogP) is 5.98. The van der Waals surface area contributed by atoms with E-state index in [0.717, 1.165) is 62.4 Å². The molecule has 1 atom stereocenters. The van der Waals surface area contributed by atoms with Gasteiger partial charge >= 0.3 is 0 Å². The van der Waals surface area contributed by atoms with Crippen LogP contribution >= 0.6 is 0 Å². The Morgan fingerprint density at radius 2 is 1.68 bits per heavy atom. The van der Waals surface area contributed by atoms with Gasteiger partial charge in [0.2, 0.25) is 5.95 Å². The minimum Gasteiger partial charge on any atom is -0.352 e. The Morgan fingerprint density at radius 3 is 2.20 bits per heavy atom. The number of aromatic nitrogens is 2. The third kappa shape index (κ3) is 8.07. The zero-order valence-corrected chi connectivity index (χ0v) is 24.4. The van der Waals surface area contributed by atoms with Crippen molar-refractivity contribution in [3.8, 4) is 0 Å². The molecule has 3 heterocycles. The number of aryl methyl sites for hydroxylation is 2. The fourth-order valence-electron chi connectivity index (χ4n) is 5.08. The van der Waals surface area contributed by atoms with Crippen molar-refractivity contribution in [1.29, 1.82) is 0 Å². The molecule has 0 radical (unpaired) electrons. The Labute approximate surface area is 240 Å². The molecule has 0 aliphatic carbocycles. The van der Waals surface area contributed by atoms with Gasteiger partial charge < -0.3 is 9.80 Å². The van der Waals surface area contributed by atoms with Crippen LogP contribution in [0.4, 0.5) is 10.2 Å².